The molecule has 0 amide bonds. The summed E-state index contributed by atoms with van der Waals surface area (Å²) in [5.74, 6) is 2.08. The van der Waals surface area contributed by atoms with E-state index < -0.39 is 5.41 Å². The van der Waals surface area contributed by atoms with Crippen molar-refractivity contribution in [3.8, 4) is 0 Å². The molecular weight excluding hydrogens is 368 g/mol. The van der Waals surface area contributed by atoms with E-state index in [2.05, 4.69) is 6.92 Å². The Morgan fingerprint density at radius 2 is 1.83 bits per heavy atom. The highest BCUT2D eigenvalue weighted by Crippen LogP contribution is 2.67. The van der Waals surface area contributed by atoms with E-state index in [-0.39, 0.29) is 29.3 Å². The molecule has 0 radical (unpaired) electrons. The number of hydrogen-bond donors (Lipinski definition) is 0. The summed E-state index contributed by atoms with van der Waals surface area (Å²) in [4.78, 5) is 24.7. The summed E-state index contributed by atoms with van der Waals surface area (Å²) in [5, 5.41) is 0. The summed E-state index contributed by atoms with van der Waals surface area (Å²) in [6.07, 6.45) is 9.63. The van der Waals surface area contributed by atoms with Crippen molar-refractivity contribution in [2.45, 2.75) is 77.4 Å². The average molecular weight is 407 g/mol. The van der Waals surface area contributed by atoms with Crippen LogP contribution in [0.1, 0.15) is 65.2 Å². The minimum absolute atomic E-state index is 0.0874. The van der Waals surface area contributed by atoms with Gasteiger partial charge in [0.25, 0.3) is 0 Å². The summed E-state index contributed by atoms with van der Waals surface area (Å²) in [5.41, 5.74) is -0.193. The van der Waals surface area contributed by atoms with Gasteiger partial charge in [-0.05, 0) is 87.4 Å². The van der Waals surface area contributed by atoms with Crippen LogP contribution < -0.4 is 0 Å². The van der Waals surface area contributed by atoms with Crippen LogP contribution in [0.15, 0.2) is 0 Å². The molecule has 4 saturated carbocycles. The Morgan fingerprint density at radius 3 is 2.48 bits per heavy atom. The molecule has 0 aromatic carbocycles. The van der Waals surface area contributed by atoms with Gasteiger partial charge in [-0.25, -0.2) is 0 Å². The molecule has 0 unspecified atom stereocenters. The predicted octanol–water partition coefficient (Wildman–Crippen LogP) is 4.03. The molecule has 0 heterocycles. The first kappa shape index (κ1) is 21.5. The monoisotopic (exact) mass is 406 g/mol. The minimum atomic E-state index is -0.414. The number of methoxy groups -OCH3 is 2. The normalized spacial score (nSPS) is 49.0. The number of rotatable bonds is 6. The number of ether oxygens (including phenoxy) is 3. The highest BCUT2D eigenvalue weighted by molar-refractivity contribution is 5.87. The summed E-state index contributed by atoms with van der Waals surface area (Å²) in [6.45, 7) is 4.56. The second-order valence-corrected chi connectivity index (χ2v) is 10.4. The molecule has 29 heavy (non-hydrogen) atoms. The third kappa shape index (κ3) is 3.14. The third-order valence-electron chi connectivity index (χ3n) is 9.73. The molecule has 9 atom stereocenters. The van der Waals surface area contributed by atoms with E-state index in [4.69, 9.17) is 14.2 Å². The Hall–Kier alpha value is -0.780. The molecule has 4 fully saturated rings. The number of aldehydes is 1. The molecule has 4 aliphatic carbocycles. The van der Waals surface area contributed by atoms with Gasteiger partial charge >= 0.3 is 0 Å². The lowest BCUT2D eigenvalue weighted by atomic mass is 9.43. The van der Waals surface area contributed by atoms with E-state index in [1.165, 1.54) is 0 Å². The molecule has 4 aliphatic rings. The lowest BCUT2D eigenvalue weighted by Gasteiger charge is -2.62. The number of carbonyl (C=O) groups excluding carboxylic acids is 2. The lowest BCUT2D eigenvalue weighted by Crippen LogP contribution is -2.60. The van der Waals surface area contributed by atoms with Gasteiger partial charge in [-0.3, -0.25) is 4.79 Å². The van der Waals surface area contributed by atoms with Gasteiger partial charge in [-0.1, -0.05) is 6.92 Å². The third-order valence-corrected chi connectivity index (χ3v) is 9.73. The molecule has 5 heteroatoms. The van der Waals surface area contributed by atoms with Crippen molar-refractivity contribution >= 4 is 12.1 Å². The van der Waals surface area contributed by atoms with Crippen LogP contribution in [-0.2, 0) is 23.8 Å². The first-order valence-electron chi connectivity index (χ1n) is 11.5. The molecule has 0 spiro atoms. The van der Waals surface area contributed by atoms with E-state index in [0.717, 1.165) is 57.7 Å². The van der Waals surface area contributed by atoms with E-state index in [1.807, 2.05) is 7.11 Å². The van der Waals surface area contributed by atoms with Crippen molar-refractivity contribution in [3.63, 3.8) is 0 Å². The average Bonchev–Trinajstić information content (AvgIpc) is 3.12. The minimum Gasteiger partial charge on any atom is -0.381 e. The Bertz CT molecular complexity index is 635. The Kier molecular flexibility index (Phi) is 5.95. The quantitative estimate of drug-likeness (QED) is 0.492. The Balaban J connectivity index is 1.63. The summed E-state index contributed by atoms with van der Waals surface area (Å²) in [7, 11) is 3.52. The van der Waals surface area contributed by atoms with E-state index in [9.17, 15) is 9.59 Å². The van der Waals surface area contributed by atoms with Crippen LogP contribution in [-0.4, -0.2) is 45.3 Å². The molecule has 0 bridgehead atoms. The van der Waals surface area contributed by atoms with Crippen molar-refractivity contribution in [2.75, 3.05) is 21.0 Å². The zero-order valence-corrected chi connectivity index (χ0v) is 18.5. The Morgan fingerprint density at radius 1 is 1.03 bits per heavy atom. The van der Waals surface area contributed by atoms with Gasteiger partial charge in [0.2, 0.25) is 0 Å². The van der Waals surface area contributed by atoms with Gasteiger partial charge in [-0.2, -0.15) is 0 Å². The zero-order valence-electron chi connectivity index (χ0n) is 18.5. The second-order valence-electron chi connectivity index (χ2n) is 10.4. The maximum atomic E-state index is 12.9. The van der Waals surface area contributed by atoms with Gasteiger partial charge in [0, 0.05) is 25.6 Å². The SMILES string of the molecule is COCO[C@@H]1CC[C@@]2(C)[C@H](C1)[C@H](OC)C[C@@H]1[C@@H]2CC[C@]2(C(C)=O)[C@@H](C=O)CC[C@@H]12. The van der Waals surface area contributed by atoms with E-state index >= 15 is 0 Å². The maximum Gasteiger partial charge on any atom is 0.146 e. The maximum absolute atomic E-state index is 12.9. The van der Waals surface area contributed by atoms with Crippen LogP contribution >= 0.6 is 0 Å². The molecule has 0 N–H and O–H groups in total. The summed E-state index contributed by atoms with van der Waals surface area (Å²) < 4.78 is 17.2. The fraction of sp³-hybridized carbons (Fsp3) is 0.917. The van der Waals surface area contributed by atoms with Crippen molar-refractivity contribution in [2.24, 2.45) is 40.4 Å². The van der Waals surface area contributed by atoms with Crippen molar-refractivity contribution in [1.29, 1.82) is 0 Å². The molecule has 164 valence electrons. The van der Waals surface area contributed by atoms with Gasteiger partial charge in [0.05, 0.1) is 12.2 Å². The molecule has 0 aliphatic heterocycles. The first-order valence-corrected chi connectivity index (χ1v) is 11.5. The second kappa shape index (κ2) is 8.05. The van der Waals surface area contributed by atoms with Crippen LogP contribution in [0.3, 0.4) is 0 Å². The lowest BCUT2D eigenvalue weighted by molar-refractivity contribution is -0.194. The van der Waals surface area contributed by atoms with E-state index in [0.29, 0.717) is 30.5 Å². The number of carbonyl (C=O) groups is 2. The number of hydrogen-bond acceptors (Lipinski definition) is 5. The van der Waals surface area contributed by atoms with Gasteiger partial charge < -0.3 is 19.0 Å². The molecule has 5 nitrogen and oxygen atoms in total. The van der Waals surface area contributed by atoms with Gasteiger partial charge in [-0.15, -0.1) is 0 Å². The van der Waals surface area contributed by atoms with Crippen LogP contribution in [0.2, 0.25) is 0 Å². The number of Topliss-reactive ketones (excluding diaryl/α,β-unsaturated/α-hetero) is 1. The number of ketones is 1. The van der Waals surface area contributed by atoms with Crippen LogP contribution in [0.5, 0.6) is 0 Å². The van der Waals surface area contributed by atoms with Gasteiger partial charge in [0.15, 0.2) is 0 Å². The Labute approximate surface area is 175 Å². The van der Waals surface area contributed by atoms with Gasteiger partial charge in [0.1, 0.15) is 18.9 Å². The number of fused-ring (bicyclic) bond motifs is 5. The molecule has 0 saturated heterocycles. The van der Waals surface area contributed by atoms with Crippen molar-refractivity contribution in [3.05, 3.63) is 0 Å². The molecule has 4 rings (SSSR count). The summed E-state index contributed by atoms with van der Waals surface area (Å²) >= 11 is 0. The van der Waals surface area contributed by atoms with E-state index in [1.54, 1.807) is 14.0 Å². The molecule has 0 aromatic heterocycles. The van der Waals surface area contributed by atoms with Crippen LogP contribution in [0, 0.1) is 40.4 Å². The highest BCUT2D eigenvalue weighted by Gasteiger charge is 2.65. The largest absolute Gasteiger partial charge is 0.381 e. The fourth-order valence-corrected chi connectivity index (χ4v) is 8.41. The summed E-state index contributed by atoms with van der Waals surface area (Å²) in [6, 6.07) is 0. The predicted molar refractivity (Wildman–Crippen MR) is 109 cm³/mol. The van der Waals surface area contributed by atoms with Crippen LogP contribution in [0.4, 0.5) is 0 Å². The topological polar surface area (TPSA) is 61.8 Å². The highest BCUT2D eigenvalue weighted by atomic mass is 16.7. The molecule has 0 aromatic rings. The van der Waals surface area contributed by atoms with Crippen LogP contribution in [0.25, 0.3) is 0 Å². The first-order chi connectivity index (χ1) is 13.9. The van der Waals surface area contributed by atoms with Crippen molar-refractivity contribution in [1.82, 2.24) is 0 Å². The fourth-order valence-electron chi connectivity index (χ4n) is 8.41. The standard InChI is InChI=1S/C24H38O5/c1-15(26)24-10-8-19-18(20(24)6-5-16(24)13-25)12-22(28-4)21-11-17(29-14-27-3)7-9-23(19,21)2/h13,16-22H,5-12,14H2,1-4H3/t16-,17-,18-,19+,20+,21-,22-,23-,24+/m1/s1. The zero-order chi connectivity index (χ0) is 20.8. The van der Waals surface area contributed by atoms with Crippen molar-refractivity contribution < 1.29 is 23.8 Å². The molecular formula is C24H38O5. The smallest absolute Gasteiger partial charge is 0.146 e.